The Morgan fingerprint density at radius 2 is 1.61 bits per heavy atom. The predicted molar refractivity (Wildman–Crippen MR) is 120 cm³/mol. The average Bonchev–Trinajstić information content (AvgIpc) is 3.05. The first kappa shape index (κ1) is 22.6. The minimum atomic E-state index is -0.286. The molecule has 2 aromatic rings. The van der Waals surface area contributed by atoms with E-state index in [1.165, 1.54) is 4.90 Å². The molecule has 0 unspecified atom stereocenters. The largest absolute Gasteiger partial charge is 0.494 e. The van der Waals surface area contributed by atoms with E-state index in [0.29, 0.717) is 43.1 Å². The van der Waals surface area contributed by atoms with E-state index in [0.717, 1.165) is 17.7 Å². The second-order valence-electron chi connectivity index (χ2n) is 7.35. The first-order valence-corrected chi connectivity index (χ1v) is 10.7. The third-order valence-corrected chi connectivity index (χ3v) is 5.19. The van der Waals surface area contributed by atoms with Crippen molar-refractivity contribution in [1.29, 1.82) is 0 Å². The normalized spacial score (nSPS) is 13.8. The van der Waals surface area contributed by atoms with Gasteiger partial charge in [0.05, 0.1) is 25.3 Å². The average molecular weight is 423 g/mol. The third kappa shape index (κ3) is 5.14. The van der Waals surface area contributed by atoms with Crippen LogP contribution in [0.3, 0.4) is 0 Å². The van der Waals surface area contributed by atoms with E-state index in [1.807, 2.05) is 66.4 Å². The maximum atomic E-state index is 13.3. The monoisotopic (exact) mass is 422 g/mol. The Hall–Kier alpha value is -3.12. The maximum Gasteiger partial charge on any atom is 0.277 e. The fourth-order valence-corrected chi connectivity index (χ4v) is 3.59. The van der Waals surface area contributed by atoms with Crippen molar-refractivity contribution >= 4 is 17.4 Å². The van der Waals surface area contributed by atoms with E-state index in [1.54, 1.807) is 7.11 Å². The van der Waals surface area contributed by atoms with Crippen molar-refractivity contribution in [3.63, 3.8) is 0 Å². The number of imide groups is 1. The molecule has 31 heavy (non-hydrogen) atoms. The molecule has 0 saturated heterocycles. The zero-order valence-electron chi connectivity index (χ0n) is 18.5. The zero-order valence-corrected chi connectivity index (χ0v) is 18.5. The number of ether oxygens (including phenoxy) is 2. The number of amides is 2. The lowest BCUT2D eigenvalue weighted by Crippen LogP contribution is -2.37. The van der Waals surface area contributed by atoms with Crippen LogP contribution in [0.2, 0.25) is 0 Å². The van der Waals surface area contributed by atoms with Crippen LogP contribution in [-0.4, -0.2) is 55.0 Å². The van der Waals surface area contributed by atoms with Crippen LogP contribution in [0.5, 0.6) is 5.75 Å². The van der Waals surface area contributed by atoms with Crippen molar-refractivity contribution in [2.75, 3.05) is 33.4 Å². The molecule has 0 atom stereocenters. The topological polar surface area (TPSA) is 59.1 Å². The summed E-state index contributed by atoms with van der Waals surface area (Å²) in [7, 11) is 1.56. The van der Waals surface area contributed by atoms with Gasteiger partial charge in [-0.1, -0.05) is 49.4 Å². The molecule has 1 heterocycles. The van der Waals surface area contributed by atoms with Crippen LogP contribution in [0.4, 0.5) is 0 Å². The molecule has 1 aliphatic heterocycles. The number of likely N-dealkylation sites (N-methyl/N-ethyl adjacent to an activating group) is 1. The fraction of sp³-hybridized carbons (Fsp3) is 0.360. The summed E-state index contributed by atoms with van der Waals surface area (Å²) in [5.74, 6) is 0.185. The summed E-state index contributed by atoms with van der Waals surface area (Å²) in [5.41, 5.74) is 2.66. The first-order valence-electron chi connectivity index (χ1n) is 10.7. The van der Waals surface area contributed by atoms with Gasteiger partial charge in [-0.3, -0.25) is 14.5 Å². The van der Waals surface area contributed by atoms with Gasteiger partial charge in [-0.05, 0) is 36.6 Å². The van der Waals surface area contributed by atoms with Gasteiger partial charge in [-0.15, -0.1) is 0 Å². The minimum Gasteiger partial charge on any atom is -0.494 e. The number of methoxy groups -OCH3 is 1. The lowest BCUT2D eigenvalue weighted by Gasteiger charge is -2.25. The molecule has 164 valence electrons. The van der Waals surface area contributed by atoms with E-state index in [9.17, 15) is 9.59 Å². The maximum absolute atomic E-state index is 13.3. The molecule has 2 amide bonds. The molecule has 0 fully saturated rings. The van der Waals surface area contributed by atoms with Crippen LogP contribution in [0.25, 0.3) is 5.57 Å². The number of hydrogen-bond donors (Lipinski definition) is 0. The summed E-state index contributed by atoms with van der Waals surface area (Å²) < 4.78 is 10.8. The Morgan fingerprint density at radius 1 is 0.903 bits per heavy atom. The zero-order chi connectivity index (χ0) is 22.2. The van der Waals surface area contributed by atoms with Gasteiger partial charge in [-0.2, -0.15) is 0 Å². The number of hydrogen-bond acceptors (Lipinski definition) is 5. The number of benzene rings is 2. The van der Waals surface area contributed by atoms with Gasteiger partial charge in [0.1, 0.15) is 11.4 Å². The molecule has 3 rings (SSSR count). The van der Waals surface area contributed by atoms with Crippen LogP contribution in [-0.2, 0) is 20.9 Å². The Labute approximate surface area is 184 Å². The van der Waals surface area contributed by atoms with Gasteiger partial charge in [0.15, 0.2) is 0 Å². The molecule has 0 spiro atoms. The van der Waals surface area contributed by atoms with Crippen molar-refractivity contribution < 1.29 is 19.1 Å². The molecule has 0 saturated carbocycles. The van der Waals surface area contributed by atoms with E-state index in [2.05, 4.69) is 6.92 Å². The summed E-state index contributed by atoms with van der Waals surface area (Å²) in [6, 6.07) is 17.3. The van der Waals surface area contributed by atoms with Crippen LogP contribution < -0.4 is 4.74 Å². The molecule has 6 heteroatoms. The Morgan fingerprint density at radius 3 is 2.23 bits per heavy atom. The van der Waals surface area contributed by atoms with Crippen LogP contribution in [0.1, 0.15) is 31.4 Å². The predicted octanol–water partition coefficient (Wildman–Crippen LogP) is 3.72. The minimum absolute atomic E-state index is 0.224. The standard InChI is InChI=1S/C25H30N2O4/c1-4-16-31-21-13-11-20(12-14-21)22-23(25(29)27(24(22)28)15-17-30-3)26(5-2)18-19-9-7-6-8-10-19/h6-14H,4-5,15-18H2,1-3H3. The van der Waals surface area contributed by atoms with Gasteiger partial charge in [0.2, 0.25) is 0 Å². The van der Waals surface area contributed by atoms with Gasteiger partial charge in [0, 0.05) is 20.2 Å². The van der Waals surface area contributed by atoms with Gasteiger partial charge >= 0.3 is 0 Å². The Balaban J connectivity index is 2.00. The van der Waals surface area contributed by atoms with E-state index >= 15 is 0 Å². The summed E-state index contributed by atoms with van der Waals surface area (Å²) in [4.78, 5) is 29.9. The molecule has 0 radical (unpaired) electrons. The van der Waals surface area contributed by atoms with E-state index in [4.69, 9.17) is 9.47 Å². The smallest absolute Gasteiger partial charge is 0.277 e. The molecular formula is C25H30N2O4. The molecule has 0 aromatic heterocycles. The Bertz CT molecular complexity index is 922. The molecule has 2 aromatic carbocycles. The summed E-state index contributed by atoms with van der Waals surface area (Å²) in [6.07, 6.45) is 0.920. The molecule has 6 nitrogen and oxygen atoms in total. The van der Waals surface area contributed by atoms with Gasteiger partial charge in [-0.25, -0.2) is 0 Å². The molecule has 1 aliphatic rings. The molecule has 0 bridgehead atoms. The summed E-state index contributed by atoms with van der Waals surface area (Å²) >= 11 is 0. The van der Waals surface area contributed by atoms with Crippen molar-refractivity contribution in [3.8, 4) is 5.75 Å². The van der Waals surface area contributed by atoms with E-state index in [-0.39, 0.29) is 18.4 Å². The molecular weight excluding hydrogens is 392 g/mol. The van der Waals surface area contributed by atoms with Crippen molar-refractivity contribution in [1.82, 2.24) is 9.80 Å². The van der Waals surface area contributed by atoms with Crippen molar-refractivity contribution in [2.45, 2.75) is 26.8 Å². The highest BCUT2D eigenvalue weighted by molar-refractivity contribution is 6.35. The second-order valence-corrected chi connectivity index (χ2v) is 7.35. The number of rotatable bonds is 11. The second kappa shape index (κ2) is 10.8. The fourth-order valence-electron chi connectivity index (χ4n) is 3.59. The quantitative estimate of drug-likeness (QED) is 0.517. The van der Waals surface area contributed by atoms with Crippen molar-refractivity contribution in [2.24, 2.45) is 0 Å². The number of carbonyl (C=O) groups is 2. The highest BCUT2D eigenvalue weighted by Gasteiger charge is 2.41. The number of carbonyl (C=O) groups excluding carboxylic acids is 2. The highest BCUT2D eigenvalue weighted by Crippen LogP contribution is 2.33. The molecule has 0 aliphatic carbocycles. The SMILES string of the molecule is CCCOc1ccc(C2=C(N(CC)Cc3ccccc3)C(=O)N(CCOC)C2=O)cc1. The van der Waals surface area contributed by atoms with Crippen molar-refractivity contribution in [3.05, 3.63) is 71.4 Å². The third-order valence-electron chi connectivity index (χ3n) is 5.19. The van der Waals surface area contributed by atoms with Crippen LogP contribution >= 0.6 is 0 Å². The first-order chi connectivity index (χ1) is 15.1. The summed E-state index contributed by atoms with van der Waals surface area (Å²) in [5, 5.41) is 0. The number of nitrogens with zero attached hydrogens (tertiary/aromatic N) is 2. The lowest BCUT2D eigenvalue weighted by molar-refractivity contribution is -0.138. The lowest BCUT2D eigenvalue weighted by atomic mass is 10.0. The Kier molecular flexibility index (Phi) is 7.84. The van der Waals surface area contributed by atoms with Gasteiger partial charge < -0.3 is 14.4 Å². The molecule has 0 N–H and O–H groups in total. The highest BCUT2D eigenvalue weighted by atomic mass is 16.5. The van der Waals surface area contributed by atoms with E-state index < -0.39 is 0 Å². The van der Waals surface area contributed by atoms with Crippen LogP contribution in [0, 0.1) is 0 Å². The summed E-state index contributed by atoms with van der Waals surface area (Å²) in [6.45, 7) is 6.35. The van der Waals surface area contributed by atoms with Gasteiger partial charge in [0.25, 0.3) is 11.8 Å². The van der Waals surface area contributed by atoms with Crippen LogP contribution in [0.15, 0.2) is 60.3 Å².